The number of anilines is 1. The lowest BCUT2D eigenvalue weighted by Crippen LogP contribution is -2.26. The van der Waals surface area contributed by atoms with Crippen molar-refractivity contribution in [2.45, 2.75) is 39.7 Å². The third-order valence-electron chi connectivity index (χ3n) is 5.97. The minimum atomic E-state index is -0.319. The van der Waals surface area contributed by atoms with Crippen LogP contribution < -0.4 is 10.6 Å². The standard InChI is InChI=1S/C30H33N3O4/c1-4-36-28(34)17-18-31-29(35)22-13-15-24(16-14-22)32-26(19-20(2)3)21-9-11-23(12-10-21)30-33-25-7-5-6-8-27(25)37-30/h5-16,20,26,32H,4,17-19H2,1-3H3,(H,31,35)/t26-/m1/s1. The highest BCUT2D eigenvalue weighted by atomic mass is 16.5. The Balaban J connectivity index is 1.41. The second-order valence-corrected chi connectivity index (χ2v) is 9.32. The van der Waals surface area contributed by atoms with Crippen molar-refractivity contribution in [3.8, 4) is 11.5 Å². The van der Waals surface area contributed by atoms with Crippen LogP contribution in [0, 0.1) is 5.92 Å². The molecule has 1 heterocycles. The molecule has 2 N–H and O–H groups in total. The molecule has 192 valence electrons. The number of nitrogens with zero attached hydrogens (tertiary/aromatic N) is 1. The topological polar surface area (TPSA) is 93.5 Å². The number of oxazole rings is 1. The number of benzene rings is 3. The number of esters is 1. The van der Waals surface area contributed by atoms with Crippen LogP contribution >= 0.6 is 0 Å². The van der Waals surface area contributed by atoms with Crippen molar-refractivity contribution in [2.75, 3.05) is 18.5 Å². The van der Waals surface area contributed by atoms with E-state index in [1.807, 2.05) is 48.5 Å². The van der Waals surface area contributed by atoms with E-state index in [2.05, 4.69) is 41.6 Å². The molecular weight excluding hydrogens is 466 g/mol. The summed E-state index contributed by atoms with van der Waals surface area (Å²) in [6.07, 6.45) is 1.10. The molecule has 0 saturated heterocycles. The molecular formula is C30H33N3O4. The summed E-state index contributed by atoms with van der Waals surface area (Å²) in [7, 11) is 0. The third-order valence-corrected chi connectivity index (χ3v) is 5.97. The first-order chi connectivity index (χ1) is 17.9. The fourth-order valence-corrected chi connectivity index (χ4v) is 4.14. The molecule has 1 aromatic heterocycles. The van der Waals surface area contributed by atoms with Crippen LogP contribution in [0.1, 0.15) is 55.6 Å². The maximum atomic E-state index is 12.4. The van der Waals surface area contributed by atoms with Gasteiger partial charge in [-0.15, -0.1) is 0 Å². The summed E-state index contributed by atoms with van der Waals surface area (Å²) in [6.45, 7) is 6.73. The van der Waals surface area contributed by atoms with Crippen molar-refractivity contribution in [2.24, 2.45) is 5.92 Å². The molecule has 0 aliphatic carbocycles. The average molecular weight is 500 g/mol. The molecule has 0 unspecified atom stereocenters. The Kier molecular flexibility index (Phi) is 8.56. The number of ether oxygens (including phenoxy) is 1. The lowest BCUT2D eigenvalue weighted by atomic mass is 9.95. The van der Waals surface area contributed by atoms with E-state index in [0.29, 0.717) is 24.0 Å². The van der Waals surface area contributed by atoms with Crippen molar-refractivity contribution in [3.63, 3.8) is 0 Å². The first-order valence-corrected chi connectivity index (χ1v) is 12.7. The Bertz CT molecular complexity index is 1290. The second kappa shape index (κ2) is 12.2. The zero-order chi connectivity index (χ0) is 26.2. The maximum absolute atomic E-state index is 12.4. The second-order valence-electron chi connectivity index (χ2n) is 9.32. The SMILES string of the molecule is CCOC(=O)CCNC(=O)c1ccc(N[C@H](CC(C)C)c2ccc(-c3nc4ccccc4o3)cc2)cc1. The molecule has 0 aliphatic heterocycles. The Hall–Kier alpha value is -4.13. The Labute approximate surface area is 217 Å². The minimum absolute atomic E-state index is 0.0990. The van der Waals surface area contributed by atoms with E-state index < -0.39 is 0 Å². The zero-order valence-electron chi connectivity index (χ0n) is 21.5. The van der Waals surface area contributed by atoms with Crippen LogP contribution in [-0.2, 0) is 9.53 Å². The normalized spacial score (nSPS) is 11.9. The van der Waals surface area contributed by atoms with Gasteiger partial charge >= 0.3 is 5.97 Å². The molecule has 0 saturated carbocycles. The monoisotopic (exact) mass is 499 g/mol. The van der Waals surface area contributed by atoms with Gasteiger partial charge in [0, 0.05) is 23.4 Å². The van der Waals surface area contributed by atoms with Crippen LogP contribution in [0.4, 0.5) is 5.69 Å². The first kappa shape index (κ1) is 25.9. The smallest absolute Gasteiger partial charge is 0.307 e. The maximum Gasteiger partial charge on any atom is 0.307 e. The number of fused-ring (bicyclic) bond motifs is 1. The Morgan fingerprint density at radius 1 is 0.973 bits per heavy atom. The van der Waals surface area contributed by atoms with Crippen LogP contribution in [0.5, 0.6) is 0 Å². The van der Waals surface area contributed by atoms with Crippen LogP contribution in [-0.4, -0.2) is 30.0 Å². The molecule has 37 heavy (non-hydrogen) atoms. The third kappa shape index (κ3) is 6.97. The predicted octanol–water partition coefficient (Wildman–Crippen LogP) is 6.38. The van der Waals surface area contributed by atoms with E-state index in [1.165, 1.54) is 0 Å². The van der Waals surface area contributed by atoms with Crippen LogP contribution in [0.25, 0.3) is 22.6 Å². The number of hydrogen-bond donors (Lipinski definition) is 2. The molecule has 0 radical (unpaired) electrons. The van der Waals surface area contributed by atoms with Gasteiger partial charge in [0.25, 0.3) is 5.91 Å². The van der Waals surface area contributed by atoms with Gasteiger partial charge in [-0.05, 0) is 73.4 Å². The quantitative estimate of drug-likeness (QED) is 0.233. The van der Waals surface area contributed by atoms with E-state index in [9.17, 15) is 9.59 Å². The van der Waals surface area contributed by atoms with Gasteiger partial charge in [-0.25, -0.2) is 4.98 Å². The molecule has 3 aromatic carbocycles. The fourth-order valence-electron chi connectivity index (χ4n) is 4.14. The van der Waals surface area contributed by atoms with E-state index in [0.717, 1.165) is 34.3 Å². The van der Waals surface area contributed by atoms with Gasteiger partial charge < -0.3 is 19.8 Å². The number of para-hydroxylation sites is 2. The van der Waals surface area contributed by atoms with Crippen LogP contribution in [0.2, 0.25) is 0 Å². The van der Waals surface area contributed by atoms with Gasteiger partial charge in [0.1, 0.15) is 5.52 Å². The summed E-state index contributed by atoms with van der Waals surface area (Å²) in [5.41, 5.74) is 5.18. The highest BCUT2D eigenvalue weighted by Crippen LogP contribution is 2.29. The lowest BCUT2D eigenvalue weighted by Gasteiger charge is -2.22. The number of carbonyl (C=O) groups excluding carboxylic acids is 2. The summed E-state index contributed by atoms with van der Waals surface area (Å²) in [4.78, 5) is 28.4. The Morgan fingerprint density at radius 3 is 2.38 bits per heavy atom. The van der Waals surface area contributed by atoms with E-state index in [4.69, 9.17) is 9.15 Å². The molecule has 1 atom stereocenters. The van der Waals surface area contributed by atoms with Gasteiger partial charge in [0.05, 0.1) is 19.1 Å². The van der Waals surface area contributed by atoms with Crippen molar-refractivity contribution >= 4 is 28.7 Å². The van der Waals surface area contributed by atoms with Gasteiger partial charge in [-0.1, -0.05) is 38.1 Å². The number of amides is 1. The van der Waals surface area contributed by atoms with Crippen LogP contribution in [0.3, 0.4) is 0 Å². The van der Waals surface area contributed by atoms with Crippen molar-refractivity contribution in [1.29, 1.82) is 0 Å². The summed E-state index contributed by atoms with van der Waals surface area (Å²) < 4.78 is 10.8. The lowest BCUT2D eigenvalue weighted by molar-refractivity contribution is -0.142. The molecule has 0 bridgehead atoms. The fraction of sp³-hybridized carbons (Fsp3) is 0.300. The van der Waals surface area contributed by atoms with Gasteiger partial charge in [-0.2, -0.15) is 0 Å². The molecule has 7 heteroatoms. The van der Waals surface area contributed by atoms with E-state index >= 15 is 0 Å². The number of nitrogens with one attached hydrogen (secondary N) is 2. The van der Waals surface area contributed by atoms with Gasteiger partial charge in [0.2, 0.25) is 5.89 Å². The minimum Gasteiger partial charge on any atom is -0.466 e. The zero-order valence-corrected chi connectivity index (χ0v) is 21.5. The summed E-state index contributed by atoms with van der Waals surface area (Å²) in [6, 6.07) is 23.5. The number of carbonyl (C=O) groups is 2. The number of aromatic nitrogens is 1. The van der Waals surface area contributed by atoms with Crippen molar-refractivity contribution in [3.05, 3.63) is 83.9 Å². The Morgan fingerprint density at radius 2 is 1.70 bits per heavy atom. The van der Waals surface area contributed by atoms with Gasteiger partial charge in [0.15, 0.2) is 5.58 Å². The molecule has 0 fully saturated rings. The van der Waals surface area contributed by atoms with E-state index in [1.54, 1.807) is 19.1 Å². The van der Waals surface area contributed by atoms with Crippen LogP contribution in [0.15, 0.2) is 77.2 Å². The first-order valence-electron chi connectivity index (χ1n) is 12.7. The molecule has 0 spiro atoms. The van der Waals surface area contributed by atoms with Crippen molar-refractivity contribution in [1.82, 2.24) is 10.3 Å². The molecule has 4 aromatic rings. The highest BCUT2D eigenvalue weighted by Gasteiger charge is 2.16. The summed E-state index contributed by atoms with van der Waals surface area (Å²) >= 11 is 0. The molecule has 4 rings (SSSR count). The predicted molar refractivity (Wildman–Crippen MR) is 145 cm³/mol. The largest absolute Gasteiger partial charge is 0.466 e. The highest BCUT2D eigenvalue weighted by molar-refractivity contribution is 5.94. The summed E-state index contributed by atoms with van der Waals surface area (Å²) in [5.74, 6) is 0.556. The molecule has 7 nitrogen and oxygen atoms in total. The van der Waals surface area contributed by atoms with Crippen molar-refractivity contribution < 1.29 is 18.7 Å². The van der Waals surface area contributed by atoms with E-state index in [-0.39, 0.29) is 30.9 Å². The molecule has 1 amide bonds. The average Bonchev–Trinajstić information content (AvgIpc) is 3.33. The molecule has 0 aliphatic rings. The number of rotatable bonds is 11. The van der Waals surface area contributed by atoms with Gasteiger partial charge in [-0.3, -0.25) is 9.59 Å². The summed E-state index contributed by atoms with van der Waals surface area (Å²) in [5, 5.41) is 6.37. The number of hydrogen-bond acceptors (Lipinski definition) is 6.